The Labute approximate surface area is 125 Å². The molecule has 0 aliphatic rings. The van der Waals surface area contributed by atoms with Gasteiger partial charge >= 0.3 is 0 Å². The van der Waals surface area contributed by atoms with Crippen molar-refractivity contribution in [3.05, 3.63) is 29.6 Å². The first-order chi connectivity index (χ1) is 9.83. The summed E-state index contributed by atoms with van der Waals surface area (Å²) in [6.07, 6.45) is 14.5. The molecule has 0 amide bonds. The molecule has 2 heteroatoms. The quantitative estimate of drug-likeness (QED) is 0.572. The molecule has 1 heterocycles. The lowest BCUT2D eigenvalue weighted by Gasteiger charge is -2.21. The summed E-state index contributed by atoms with van der Waals surface area (Å²) in [5, 5.41) is 3.65. The maximum absolute atomic E-state index is 4.26. The first-order valence-electron chi connectivity index (χ1n) is 8.49. The van der Waals surface area contributed by atoms with Gasteiger partial charge in [-0.15, -0.1) is 0 Å². The minimum absolute atomic E-state index is 0.504. The van der Waals surface area contributed by atoms with Crippen molar-refractivity contribution in [1.29, 1.82) is 0 Å². The van der Waals surface area contributed by atoms with E-state index in [2.05, 4.69) is 37.1 Å². The van der Waals surface area contributed by atoms with E-state index in [4.69, 9.17) is 0 Å². The fourth-order valence-corrected chi connectivity index (χ4v) is 2.82. The van der Waals surface area contributed by atoms with Crippen LogP contribution in [0, 0.1) is 0 Å². The molecule has 1 atom stereocenters. The van der Waals surface area contributed by atoms with Crippen molar-refractivity contribution in [2.45, 2.75) is 78.2 Å². The summed E-state index contributed by atoms with van der Waals surface area (Å²) in [7, 11) is 0. The lowest BCUT2D eigenvalue weighted by atomic mass is 9.96. The number of pyridine rings is 1. The molecule has 1 aromatic heterocycles. The van der Waals surface area contributed by atoms with Crippen molar-refractivity contribution in [1.82, 2.24) is 10.3 Å². The topological polar surface area (TPSA) is 24.9 Å². The Balaban J connectivity index is 2.47. The number of unbranched alkanes of at least 4 members (excludes halogenated alkanes) is 5. The highest BCUT2D eigenvalue weighted by molar-refractivity contribution is 5.26. The molecular weight excluding hydrogens is 244 g/mol. The van der Waals surface area contributed by atoms with E-state index in [-0.39, 0.29) is 0 Å². The van der Waals surface area contributed by atoms with Gasteiger partial charge in [0.15, 0.2) is 0 Å². The lowest BCUT2D eigenvalue weighted by Crippen LogP contribution is -2.22. The highest BCUT2D eigenvalue weighted by atomic mass is 14.9. The van der Waals surface area contributed by atoms with Crippen LogP contribution >= 0.6 is 0 Å². The molecule has 2 nitrogen and oxygen atoms in total. The van der Waals surface area contributed by atoms with E-state index in [1.165, 1.54) is 56.1 Å². The van der Waals surface area contributed by atoms with Crippen LogP contribution in [-0.4, -0.2) is 11.5 Å². The molecule has 0 aliphatic carbocycles. The first kappa shape index (κ1) is 17.2. The van der Waals surface area contributed by atoms with Crippen LogP contribution in [0.25, 0.3) is 0 Å². The Bertz CT molecular complexity index is 349. The Morgan fingerprint density at radius 3 is 2.50 bits per heavy atom. The second kappa shape index (κ2) is 10.8. The monoisotopic (exact) mass is 276 g/mol. The predicted octanol–water partition coefficient (Wildman–Crippen LogP) is 5.05. The van der Waals surface area contributed by atoms with Crippen LogP contribution in [0.4, 0.5) is 0 Å². The summed E-state index contributed by atoms with van der Waals surface area (Å²) in [5.74, 6) is 0. The average molecular weight is 276 g/mol. The van der Waals surface area contributed by atoms with Crippen molar-refractivity contribution in [3.63, 3.8) is 0 Å². The number of nitrogens with one attached hydrogen (secondary N) is 1. The molecule has 1 N–H and O–H groups in total. The summed E-state index contributed by atoms with van der Waals surface area (Å²) < 4.78 is 0. The molecule has 0 saturated carbocycles. The van der Waals surface area contributed by atoms with Crippen molar-refractivity contribution >= 4 is 0 Å². The number of hydrogen-bond donors (Lipinski definition) is 1. The van der Waals surface area contributed by atoms with E-state index >= 15 is 0 Å². The largest absolute Gasteiger partial charge is 0.310 e. The fraction of sp³-hybridized carbons (Fsp3) is 0.722. The van der Waals surface area contributed by atoms with E-state index < -0.39 is 0 Å². The van der Waals surface area contributed by atoms with Crippen LogP contribution in [0.1, 0.15) is 82.9 Å². The molecule has 114 valence electrons. The molecule has 1 rings (SSSR count). The highest BCUT2D eigenvalue weighted by Crippen LogP contribution is 2.23. The normalized spacial score (nSPS) is 12.6. The van der Waals surface area contributed by atoms with E-state index in [9.17, 15) is 0 Å². The summed E-state index contributed by atoms with van der Waals surface area (Å²) in [6, 6.07) is 2.70. The summed E-state index contributed by atoms with van der Waals surface area (Å²) in [4.78, 5) is 4.26. The molecule has 0 radical (unpaired) electrons. The number of aryl methyl sites for hydroxylation is 1. The molecule has 0 saturated heterocycles. The van der Waals surface area contributed by atoms with E-state index in [0.29, 0.717) is 6.04 Å². The van der Waals surface area contributed by atoms with Crippen molar-refractivity contribution in [2.24, 2.45) is 0 Å². The minimum Gasteiger partial charge on any atom is -0.310 e. The Morgan fingerprint density at radius 2 is 1.80 bits per heavy atom. The van der Waals surface area contributed by atoms with Crippen molar-refractivity contribution in [2.75, 3.05) is 6.54 Å². The molecule has 20 heavy (non-hydrogen) atoms. The van der Waals surface area contributed by atoms with Crippen molar-refractivity contribution < 1.29 is 0 Å². The molecular formula is C18H32N2. The Morgan fingerprint density at radius 1 is 1.05 bits per heavy atom. The van der Waals surface area contributed by atoms with Gasteiger partial charge in [0.2, 0.25) is 0 Å². The third kappa shape index (κ3) is 6.04. The van der Waals surface area contributed by atoms with Crippen LogP contribution < -0.4 is 5.32 Å². The van der Waals surface area contributed by atoms with E-state index in [1.54, 1.807) is 0 Å². The zero-order valence-electron chi connectivity index (χ0n) is 13.6. The zero-order chi connectivity index (χ0) is 14.6. The van der Waals surface area contributed by atoms with Gasteiger partial charge in [0, 0.05) is 18.4 Å². The maximum Gasteiger partial charge on any atom is 0.0323 e. The van der Waals surface area contributed by atoms with Gasteiger partial charge < -0.3 is 5.32 Å². The molecule has 0 aromatic carbocycles. The molecule has 0 bridgehead atoms. The average Bonchev–Trinajstić information content (AvgIpc) is 2.49. The van der Waals surface area contributed by atoms with E-state index in [0.717, 1.165) is 13.0 Å². The van der Waals surface area contributed by atoms with Gasteiger partial charge in [-0.3, -0.25) is 4.98 Å². The maximum atomic E-state index is 4.26. The third-order valence-corrected chi connectivity index (χ3v) is 3.99. The number of rotatable bonds is 11. The SMILES string of the molecule is CCCCCCCCC(NCC)c1ccncc1CC. The standard InChI is InChI=1S/C18H32N2/c1-4-7-8-9-10-11-12-18(20-6-3)17-13-14-19-15-16(17)5-2/h13-15,18,20H,4-12H2,1-3H3. The molecule has 0 aliphatic heterocycles. The zero-order valence-corrected chi connectivity index (χ0v) is 13.6. The van der Waals surface area contributed by atoms with Gasteiger partial charge in [-0.25, -0.2) is 0 Å². The van der Waals surface area contributed by atoms with Gasteiger partial charge in [-0.1, -0.05) is 59.3 Å². The summed E-state index contributed by atoms with van der Waals surface area (Å²) in [6.45, 7) is 7.72. The van der Waals surface area contributed by atoms with Gasteiger partial charge in [-0.05, 0) is 36.6 Å². The molecule has 0 spiro atoms. The first-order valence-corrected chi connectivity index (χ1v) is 8.49. The van der Waals surface area contributed by atoms with Crippen LogP contribution in [0.3, 0.4) is 0 Å². The number of hydrogen-bond acceptors (Lipinski definition) is 2. The van der Waals surface area contributed by atoms with Crippen LogP contribution in [0.2, 0.25) is 0 Å². The van der Waals surface area contributed by atoms with Crippen molar-refractivity contribution in [3.8, 4) is 0 Å². The van der Waals surface area contributed by atoms with Gasteiger partial charge in [-0.2, -0.15) is 0 Å². The predicted molar refractivity (Wildman–Crippen MR) is 88.0 cm³/mol. The van der Waals surface area contributed by atoms with Gasteiger partial charge in [0.25, 0.3) is 0 Å². The third-order valence-electron chi connectivity index (χ3n) is 3.99. The summed E-state index contributed by atoms with van der Waals surface area (Å²) >= 11 is 0. The van der Waals surface area contributed by atoms with Crippen LogP contribution in [0.15, 0.2) is 18.5 Å². The Hall–Kier alpha value is -0.890. The lowest BCUT2D eigenvalue weighted by molar-refractivity contribution is 0.474. The smallest absolute Gasteiger partial charge is 0.0323 e. The fourth-order valence-electron chi connectivity index (χ4n) is 2.82. The number of nitrogens with zero attached hydrogens (tertiary/aromatic N) is 1. The summed E-state index contributed by atoms with van der Waals surface area (Å²) in [5.41, 5.74) is 2.85. The van der Waals surface area contributed by atoms with E-state index in [1.807, 2.05) is 12.4 Å². The molecule has 1 unspecified atom stereocenters. The highest BCUT2D eigenvalue weighted by Gasteiger charge is 2.13. The van der Waals surface area contributed by atoms with Crippen LogP contribution in [0.5, 0.6) is 0 Å². The second-order valence-electron chi connectivity index (χ2n) is 5.59. The van der Waals surface area contributed by atoms with Gasteiger partial charge in [0.1, 0.15) is 0 Å². The minimum atomic E-state index is 0.504. The van der Waals surface area contributed by atoms with Gasteiger partial charge in [0.05, 0.1) is 0 Å². The number of aromatic nitrogens is 1. The molecule has 0 fully saturated rings. The van der Waals surface area contributed by atoms with Crippen LogP contribution in [-0.2, 0) is 6.42 Å². The Kier molecular flexibility index (Phi) is 9.31. The molecule has 1 aromatic rings. The second-order valence-corrected chi connectivity index (χ2v) is 5.59.